The predicted molar refractivity (Wildman–Crippen MR) is 93.2 cm³/mol. The van der Waals surface area contributed by atoms with E-state index in [1.165, 1.54) is 24.8 Å². The van der Waals surface area contributed by atoms with E-state index in [0.29, 0.717) is 23.6 Å². The van der Waals surface area contributed by atoms with E-state index in [2.05, 4.69) is 5.32 Å². The number of nitrogens with one attached hydrogen (secondary N) is 1. The Balaban J connectivity index is 2.65. The fraction of sp³-hybridized carbons (Fsp3) is 0.562. The Bertz CT molecular complexity index is 646. The van der Waals surface area contributed by atoms with Crippen LogP contribution in [0.3, 0.4) is 0 Å². The summed E-state index contributed by atoms with van der Waals surface area (Å²) in [7, 11) is -0.255. The maximum atomic E-state index is 12.2. The van der Waals surface area contributed by atoms with Crippen molar-refractivity contribution in [3.8, 4) is 11.5 Å². The summed E-state index contributed by atoms with van der Waals surface area (Å²) < 4.78 is 35.1. The first-order valence-electron chi connectivity index (χ1n) is 7.78. The van der Waals surface area contributed by atoms with Crippen LogP contribution in [0, 0.1) is 0 Å². The molecule has 0 spiro atoms. The number of methoxy groups -OCH3 is 2. The monoisotopic (exact) mass is 358 g/mol. The van der Waals surface area contributed by atoms with Gasteiger partial charge in [-0.2, -0.15) is 0 Å². The molecule has 0 fully saturated rings. The minimum absolute atomic E-state index is 0.240. The Labute approximate surface area is 144 Å². The van der Waals surface area contributed by atoms with Crippen LogP contribution >= 0.6 is 0 Å². The second-order valence-electron chi connectivity index (χ2n) is 5.34. The summed E-state index contributed by atoms with van der Waals surface area (Å²) >= 11 is 0. The Morgan fingerprint density at radius 1 is 1.17 bits per heavy atom. The SMILES string of the molecule is CCCCN(CCNC(=O)c1ccc(OC)c(OC)c1)S(C)(=O)=O. The van der Waals surface area contributed by atoms with Crippen molar-refractivity contribution in [1.82, 2.24) is 9.62 Å². The fourth-order valence-electron chi connectivity index (χ4n) is 2.15. The second-order valence-corrected chi connectivity index (χ2v) is 7.32. The van der Waals surface area contributed by atoms with Gasteiger partial charge in [0.2, 0.25) is 10.0 Å². The number of sulfonamides is 1. The number of rotatable bonds is 10. The van der Waals surface area contributed by atoms with Crippen molar-refractivity contribution < 1.29 is 22.7 Å². The third-order valence-corrected chi connectivity index (χ3v) is 4.83. The zero-order valence-electron chi connectivity index (χ0n) is 14.7. The molecule has 0 bridgehead atoms. The molecule has 136 valence electrons. The van der Waals surface area contributed by atoms with Gasteiger partial charge in [-0.3, -0.25) is 4.79 Å². The lowest BCUT2D eigenvalue weighted by Crippen LogP contribution is -2.38. The van der Waals surface area contributed by atoms with Crippen molar-refractivity contribution in [2.24, 2.45) is 0 Å². The zero-order chi connectivity index (χ0) is 18.2. The minimum atomic E-state index is -3.27. The van der Waals surface area contributed by atoms with Gasteiger partial charge in [-0.15, -0.1) is 0 Å². The lowest BCUT2D eigenvalue weighted by molar-refractivity contribution is 0.0951. The third-order valence-electron chi connectivity index (χ3n) is 3.52. The molecule has 0 saturated heterocycles. The Hall–Kier alpha value is -1.80. The highest BCUT2D eigenvalue weighted by molar-refractivity contribution is 7.88. The van der Waals surface area contributed by atoms with E-state index in [0.717, 1.165) is 12.8 Å². The second kappa shape index (κ2) is 9.48. The van der Waals surface area contributed by atoms with Crippen LogP contribution in [0.1, 0.15) is 30.1 Å². The highest BCUT2D eigenvalue weighted by atomic mass is 32.2. The molecule has 0 aromatic heterocycles. The van der Waals surface area contributed by atoms with E-state index >= 15 is 0 Å². The van der Waals surface area contributed by atoms with Crippen molar-refractivity contribution in [1.29, 1.82) is 0 Å². The van der Waals surface area contributed by atoms with Crippen molar-refractivity contribution in [3.63, 3.8) is 0 Å². The standard InChI is InChI=1S/C16H26N2O5S/c1-5-6-10-18(24(4,20)21)11-9-17-16(19)13-7-8-14(22-2)15(12-13)23-3/h7-8,12H,5-6,9-11H2,1-4H3,(H,17,19). The maximum Gasteiger partial charge on any atom is 0.251 e. The van der Waals surface area contributed by atoms with Gasteiger partial charge in [0.25, 0.3) is 5.91 Å². The predicted octanol–water partition coefficient (Wildman–Crippen LogP) is 1.50. The van der Waals surface area contributed by atoms with Gasteiger partial charge < -0.3 is 14.8 Å². The van der Waals surface area contributed by atoms with Crippen LogP contribution in [-0.4, -0.2) is 58.7 Å². The van der Waals surface area contributed by atoms with Crippen LogP contribution < -0.4 is 14.8 Å². The molecule has 8 heteroatoms. The topological polar surface area (TPSA) is 84.9 Å². The average molecular weight is 358 g/mol. The number of ether oxygens (including phenoxy) is 2. The third kappa shape index (κ3) is 6.01. The van der Waals surface area contributed by atoms with Crippen molar-refractivity contribution in [2.45, 2.75) is 19.8 Å². The molecule has 0 aliphatic rings. The highest BCUT2D eigenvalue weighted by Gasteiger charge is 2.16. The number of benzene rings is 1. The van der Waals surface area contributed by atoms with Crippen LogP contribution in [0.2, 0.25) is 0 Å². The summed E-state index contributed by atoms with van der Waals surface area (Å²) in [5.74, 6) is 0.711. The number of hydrogen-bond donors (Lipinski definition) is 1. The molecule has 1 aromatic carbocycles. The number of carbonyl (C=O) groups is 1. The van der Waals surface area contributed by atoms with Gasteiger partial charge in [0.05, 0.1) is 20.5 Å². The summed E-state index contributed by atoms with van der Waals surface area (Å²) in [5.41, 5.74) is 0.423. The first-order chi connectivity index (χ1) is 11.3. The molecule has 0 heterocycles. The number of carbonyl (C=O) groups excluding carboxylic acids is 1. The normalized spacial score (nSPS) is 11.4. The molecule has 7 nitrogen and oxygen atoms in total. The number of nitrogens with zero attached hydrogens (tertiary/aromatic N) is 1. The molecular formula is C16H26N2O5S. The lowest BCUT2D eigenvalue weighted by Gasteiger charge is -2.19. The van der Waals surface area contributed by atoms with Gasteiger partial charge in [0, 0.05) is 25.2 Å². The Kier molecular flexibility index (Phi) is 8.00. The molecule has 0 atom stereocenters. The molecule has 0 radical (unpaired) electrons. The van der Waals surface area contributed by atoms with Crippen LogP contribution in [0.4, 0.5) is 0 Å². The van der Waals surface area contributed by atoms with Gasteiger partial charge in [-0.25, -0.2) is 12.7 Å². The molecule has 1 aromatic rings. The van der Waals surface area contributed by atoms with Gasteiger partial charge in [0.15, 0.2) is 11.5 Å². The summed E-state index contributed by atoms with van der Waals surface area (Å²) in [6, 6.07) is 4.86. The maximum absolute atomic E-state index is 12.2. The van der Waals surface area contributed by atoms with Crippen LogP contribution in [-0.2, 0) is 10.0 Å². The van der Waals surface area contributed by atoms with E-state index in [-0.39, 0.29) is 19.0 Å². The zero-order valence-corrected chi connectivity index (χ0v) is 15.5. The van der Waals surface area contributed by atoms with Crippen molar-refractivity contribution in [2.75, 3.05) is 40.1 Å². The molecule has 24 heavy (non-hydrogen) atoms. The molecule has 0 aliphatic heterocycles. The van der Waals surface area contributed by atoms with Crippen LogP contribution in [0.15, 0.2) is 18.2 Å². The van der Waals surface area contributed by atoms with Crippen molar-refractivity contribution >= 4 is 15.9 Å². The van der Waals surface area contributed by atoms with Crippen molar-refractivity contribution in [3.05, 3.63) is 23.8 Å². The van der Waals surface area contributed by atoms with Gasteiger partial charge in [-0.05, 0) is 24.6 Å². The number of amides is 1. The minimum Gasteiger partial charge on any atom is -0.493 e. The van der Waals surface area contributed by atoms with Crippen LogP contribution in [0.25, 0.3) is 0 Å². The summed E-state index contributed by atoms with van der Waals surface area (Å²) in [6.45, 7) is 2.95. The van der Waals surface area contributed by atoms with E-state index in [1.807, 2.05) is 6.92 Å². The quantitative estimate of drug-likeness (QED) is 0.685. The number of unbranched alkanes of at least 4 members (excludes halogenated alkanes) is 1. The average Bonchev–Trinajstić information content (AvgIpc) is 2.55. The molecule has 0 aliphatic carbocycles. The Morgan fingerprint density at radius 3 is 2.38 bits per heavy atom. The number of hydrogen-bond acceptors (Lipinski definition) is 5. The lowest BCUT2D eigenvalue weighted by atomic mass is 10.2. The smallest absolute Gasteiger partial charge is 0.251 e. The Morgan fingerprint density at radius 2 is 1.83 bits per heavy atom. The van der Waals surface area contributed by atoms with Gasteiger partial charge in [0.1, 0.15) is 0 Å². The van der Waals surface area contributed by atoms with Gasteiger partial charge in [-0.1, -0.05) is 13.3 Å². The van der Waals surface area contributed by atoms with E-state index in [9.17, 15) is 13.2 Å². The summed E-state index contributed by atoms with van der Waals surface area (Å²) in [5, 5.41) is 2.73. The molecule has 1 rings (SSSR count). The molecule has 0 unspecified atom stereocenters. The highest BCUT2D eigenvalue weighted by Crippen LogP contribution is 2.27. The summed E-state index contributed by atoms with van der Waals surface area (Å²) in [6.07, 6.45) is 2.87. The first kappa shape index (κ1) is 20.2. The molecule has 1 N–H and O–H groups in total. The molecular weight excluding hydrogens is 332 g/mol. The van der Waals surface area contributed by atoms with E-state index in [1.54, 1.807) is 18.2 Å². The first-order valence-corrected chi connectivity index (χ1v) is 9.63. The fourth-order valence-corrected chi connectivity index (χ4v) is 3.04. The molecule has 1 amide bonds. The van der Waals surface area contributed by atoms with E-state index < -0.39 is 10.0 Å². The summed E-state index contributed by atoms with van der Waals surface area (Å²) in [4.78, 5) is 12.2. The molecule has 0 saturated carbocycles. The van der Waals surface area contributed by atoms with E-state index in [4.69, 9.17) is 9.47 Å². The van der Waals surface area contributed by atoms with Gasteiger partial charge >= 0.3 is 0 Å². The largest absolute Gasteiger partial charge is 0.493 e. The van der Waals surface area contributed by atoms with Crippen LogP contribution in [0.5, 0.6) is 11.5 Å².